The topological polar surface area (TPSA) is 46.4 Å². The fourth-order valence-corrected chi connectivity index (χ4v) is 2.21. The fraction of sp³-hybridized carbons (Fsp3) is 0.0667. The van der Waals surface area contributed by atoms with Gasteiger partial charge in [0.1, 0.15) is 11.5 Å². The van der Waals surface area contributed by atoms with E-state index in [9.17, 15) is 9.18 Å². The molecule has 0 atom stereocenters. The number of fused-ring (bicyclic) bond motifs is 1. The molecule has 0 unspecified atom stereocenters. The normalized spacial score (nSPS) is 10.8. The highest BCUT2D eigenvalue weighted by Crippen LogP contribution is 2.20. The van der Waals surface area contributed by atoms with Crippen LogP contribution in [0, 0.1) is 12.7 Å². The number of carbonyl (C=O) groups is 1. The molecular formula is C15H11ClFN3O. The predicted octanol–water partition coefficient (Wildman–Crippen LogP) is 3.69. The zero-order valence-corrected chi connectivity index (χ0v) is 11.9. The molecule has 0 spiro atoms. The lowest BCUT2D eigenvalue weighted by molar-refractivity contribution is 0.102. The van der Waals surface area contributed by atoms with Crippen molar-refractivity contribution in [1.82, 2.24) is 9.38 Å². The number of pyridine rings is 1. The summed E-state index contributed by atoms with van der Waals surface area (Å²) in [4.78, 5) is 16.5. The predicted molar refractivity (Wildman–Crippen MR) is 79.3 cm³/mol. The third kappa shape index (κ3) is 2.73. The fourth-order valence-electron chi connectivity index (χ4n) is 2.03. The molecule has 6 heteroatoms. The standard InChI is InChI=1S/C15H11ClFN3O/c1-9-7-20-8-10(2-5-14(20)18-9)15(21)19-11-3-4-13(17)12(16)6-11/h2-8H,1H3,(H,19,21). The second-order valence-electron chi connectivity index (χ2n) is 4.65. The highest BCUT2D eigenvalue weighted by atomic mass is 35.5. The van der Waals surface area contributed by atoms with Gasteiger partial charge in [0.15, 0.2) is 0 Å². The van der Waals surface area contributed by atoms with Gasteiger partial charge in [-0.05, 0) is 37.3 Å². The molecule has 2 heterocycles. The molecule has 0 bridgehead atoms. The van der Waals surface area contributed by atoms with E-state index >= 15 is 0 Å². The van der Waals surface area contributed by atoms with Crippen LogP contribution in [0.3, 0.4) is 0 Å². The lowest BCUT2D eigenvalue weighted by Crippen LogP contribution is -2.12. The summed E-state index contributed by atoms with van der Waals surface area (Å²) in [5.41, 5.74) is 2.56. The zero-order valence-electron chi connectivity index (χ0n) is 11.1. The summed E-state index contributed by atoms with van der Waals surface area (Å²) in [5.74, 6) is -0.823. The van der Waals surface area contributed by atoms with Crippen LogP contribution in [0.15, 0.2) is 42.7 Å². The van der Waals surface area contributed by atoms with Crippen LogP contribution < -0.4 is 5.32 Å². The highest BCUT2D eigenvalue weighted by molar-refractivity contribution is 6.31. The van der Waals surface area contributed by atoms with Crippen molar-refractivity contribution >= 4 is 28.8 Å². The number of aromatic nitrogens is 2. The van der Waals surface area contributed by atoms with E-state index in [4.69, 9.17) is 11.6 Å². The first-order valence-corrected chi connectivity index (χ1v) is 6.62. The van der Waals surface area contributed by atoms with Crippen LogP contribution in [-0.4, -0.2) is 15.3 Å². The molecule has 0 saturated carbocycles. The summed E-state index contributed by atoms with van der Waals surface area (Å²) in [7, 11) is 0. The first-order valence-electron chi connectivity index (χ1n) is 6.25. The number of amides is 1. The molecule has 0 saturated heterocycles. The number of nitrogens with zero attached hydrogens (tertiary/aromatic N) is 2. The van der Waals surface area contributed by atoms with Crippen molar-refractivity contribution in [2.75, 3.05) is 5.32 Å². The molecule has 0 aliphatic heterocycles. The molecule has 1 aromatic carbocycles. The van der Waals surface area contributed by atoms with Gasteiger partial charge in [-0.15, -0.1) is 0 Å². The van der Waals surface area contributed by atoms with E-state index in [1.165, 1.54) is 18.2 Å². The summed E-state index contributed by atoms with van der Waals surface area (Å²) in [6, 6.07) is 7.48. The third-order valence-electron chi connectivity index (χ3n) is 3.01. The Morgan fingerprint density at radius 2 is 2.10 bits per heavy atom. The average molecular weight is 304 g/mol. The van der Waals surface area contributed by atoms with Gasteiger partial charge in [0.05, 0.1) is 16.3 Å². The number of carbonyl (C=O) groups excluding carboxylic acids is 1. The van der Waals surface area contributed by atoms with Crippen molar-refractivity contribution in [2.24, 2.45) is 0 Å². The second-order valence-corrected chi connectivity index (χ2v) is 5.06. The number of hydrogen-bond acceptors (Lipinski definition) is 2. The molecule has 0 aliphatic carbocycles. The van der Waals surface area contributed by atoms with Crippen molar-refractivity contribution < 1.29 is 9.18 Å². The number of hydrogen-bond donors (Lipinski definition) is 1. The molecule has 1 amide bonds. The van der Waals surface area contributed by atoms with Gasteiger partial charge < -0.3 is 9.72 Å². The number of anilines is 1. The number of halogens is 2. The first-order chi connectivity index (χ1) is 10.0. The van der Waals surface area contributed by atoms with Gasteiger partial charge in [-0.3, -0.25) is 4.79 Å². The van der Waals surface area contributed by atoms with Crippen LogP contribution in [0.2, 0.25) is 5.02 Å². The van der Waals surface area contributed by atoms with E-state index < -0.39 is 5.82 Å². The zero-order chi connectivity index (χ0) is 15.0. The lowest BCUT2D eigenvalue weighted by Gasteiger charge is -2.06. The minimum absolute atomic E-state index is 0.0338. The summed E-state index contributed by atoms with van der Waals surface area (Å²) in [6.07, 6.45) is 3.52. The van der Waals surface area contributed by atoms with Gasteiger partial charge in [0.2, 0.25) is 0 Å². The van der Waals surface area contributed by atoms with E-state index in [0.29, 0.717) is 11.3 Å². The van der Waals surface area contributed by atoms with Crippen molar-refractivity contribution in [3.8, 4) is 0 Å². The Labute approximate surface area is 125 Å². The van der Waals surface area contributed by atoms with E-state index in [0.717, 1.165) is 11.3 Å². The van der Waals surface area contributed by atoms with Crippen molar-refractivity contribution in [1.29, 1.82) is 0 Å². The number of rotatable bonds is 2. The van der Waals surface area contributed by atoms with Crippen molar-refractivity contribution in [3.63, 3.8) is 0 Å². The van der Waals surface area contributed by atoms with Crippen molar-refractivity contribution in [3.05, 3.63) is 64.8 Å². The molecule has 1 N–H and O–H groups in total. The summed E-state index contributed by atoms with van der Waals surface area (Å²) in [6.45, 7) is 1.88. The maximum atomic E-state index is 13.1. The van der Waals surface area contributed by atoms with Gasteiger partial charge in [-0.1, -0.05) is 11.6 Å². The van der Waals surface area contributed by atoms with E-state index in [2.05, 4.69) is 10.3 Å². The SMILES string of the molecule is Cc1cn2cc(C(=O)Nc3ccc(F)c(Cl)c3)ccc2n1. The Hall–Kier alpha value is -2.40. The van der Waals surface area contributed by atoms with Crippen LogP contribution in [0.4, 0.5) is 10.1 Å². The third-order valence-corrected chi connectivity index (χ3v) is 3.30. The summed E-state index contributed by atoms with van der Waals surface area (Å²) < 4.78 is 14.9. The van der Waals surface area contributed by atoms with Crippen LogP contribution in [0.1, 0.15) is 16.1 Å². The van der Waals surface area contributed by atoms with Crippen LogP contribution in [0.5, 0.6) is 0 Å². The molecule has 106 valence electrons. The lowest BCUT2D eigenvalue weighted by atomic mass is 10.2. The Balaban J connectivity index is 1.87. The number of aryl methyl sites for hydroxylation is 1. The van der Waals surface area contributed by atoms with E-state index in [1.54, 1.807) is 22.7 Å². The van der Waals surface area contributed by atoms with Crippen LogP contribution in [-0.2, 0) is 0 Å². The number of nitrogens with one attached hydrogen (secondary N) is 1. The largest absolute Gasteiger partial charge is 0.322 e. The van der Waals surface area contributed by atoms with Gasteiger partial charge in [0.25, 0.3) is 5.91 Å². The second kappa shape index (κ2) is 5.18. The maximum absolute atomic E-state index is 13.1. The van der Waals surface area contributed by atoms with E-state index in [1.807, 2.05) is 13.1 Å². The molecule has 3 rings (SSSR count). The first kappa shape index (κ1) is 13.6. The van der Waals surface area contributed by atoms with Crippen molar-refractivity contribution in [2.45, 2.75) is 6.92 Å². The van der Waals surface area contributed by atoms with Gasteiger partial charge in [-0.2, -0.15) is 0 Å². The average Bonchev–Trinajstić information content (AvgIpc) is 2.82. The summed E-state index contributed by atoms with van der Waals surface area (Å²) >= 11 is 5.69. The molecule has 0 fully saturated rings. The summed E-state index contributed by atoms with van der Waals surface area (Å²) in [5, 5.41) is 2.64. The van der Waals surface area contributed by atoms with Gasteiger partial charge in [0, 0.05) is 18.1 Å². The van der Waals surface area contributed by atoms with Gasteiger partial charge in [-0.25, -0.2) is 9.37 Å². The Kier molecular flexibility index (Phi) is 3.35. The van der Waals surface area contributed by atoms with Crippen LogP contribution in [0.25, 0.3) is 5.65 Å². The monoisotopic (exact) mass is 303 g/mol. The quantitative estimate of drug-likeness (QED) is 0.785. The van der Waals surface area contributed by atoms with Crippen LogP contribution >= 0.6 is 11.6 Å². The molecule has 0 radical (unpaired) electrons. The molecule has 3 aromatic rings. The molecular weight excluding hydrogens is 293 g/mol. The number of benzene rings is 1. The van der Waals surface area contributed by atoms with Gasteiger partial charge >= 0.3 is 0 Å². The number of imidazole rings is 1. The molecule has 2 aromatic heterocycles. The van der Waals surface area contributed by atoms with E-state index in [-0.39, 0.29) is 10.9 Å². The Morgan fingerprint density at radius 1 is 1.29 bits per heavy atom. The molecule has 4 nitrogen and oxygen atoms in total. The Morgan fingerprint density at radius 3 is 2.86 bits per heavy atom. The smallest absolute Gasteiger partial charge is 0.257 e. The highest BCUT2D eigenvalue weighted by Gasteiger charge is 2.09. The Bertz CT molecular complexity index is 844. The maximum Gasteiger partial charge on any atom is 0.257 e. The molecule has 21 heavy (non-hydrogen) atoms. The minimum Gasteiger partial charge on any atom is -0.322 e. The minimum atomic E-state index is -0.523. The molecule has 0 aliphatic rings.